The van der Waals surface area contributed by atoms with E-state index in [0.29, 0.717) is 0 Å². The summed E-state index contributed by atoms with van der Waals surface area (Å²) >= 11 is 0. The van der Waals surface area contributed by atoms with Gasteiger partial charge >= 0.3 is 0 Å². The van der Waals surface area contributed by atoms with Gasteiger partial charge in [-0.15, -0.1) is 0 Å². The molecule has 0 aliphatic carbocycles. The van der Waals surface area contributed by atoms with Crippen molar-refractivity contribution in [1.82, 2.24) is 4.90 Å². The van der Waals surface area contributed by atoms with E-state index in [2.05, 4.69) is 0 Å². The smallest absolute Gasteiger partial charge is 0.188 e. The Morgan fingerprint density at radius 1 is 1.18 bits per heavy atom. The zero-order chi connectivity index (χ0) is 8.69. The topological polar surface area (TPSA) is 53.1 Å². The molecule has 0 saturated carbocycles. The van der Waals surface area contributed by atoms with Gasteiger partial charge < -0.3 is 10.6 Å². The molecule has 1 aliphatic rings. The largest absolute Gasteiger partial charge is 0.370 e. The third kappa shape index (κ3) is 3.86. The molecule has 3 N–H and O–H groups in total. The van der Waals surface area contributed by atoms with Crippen molar-refractivity contribution in [2.75, 3.05) is 13.1 Å². The fourth-order valence-electron chi connectivity index (χ4n) is 1.13. The molecular weight excluding hydrogens is 138 g/mol. The predicted molar refractivity (Wildman–Crippen MR) is 48.7 cm³/mol. The van der Waals surface area contributed by atoms with Crippen LogP contribution < -0.4 is 5.73 Å². The van der Waals surface area contributed by atoms with Crippen LogP contribution in [0.25, 0.3) is 0 Å². The first-order chi connectivity index (χ1) is 5.30. The highest BCUT2D eigenvalue weighted by Crippen LogP contribution is 2.06. The van der Waals surface area contributed by atoms with E-state index in [-0.39, 0.29) is 5.96 Å². The third-order valence-corrected chi connectivity index (χ3v) is 1.70. The number of rotatable bonds is 0. The number of piperidine rings is 1. The molecule has 1 heterocycles. The second-order valence-corrected chi connectivity index (χ2v) is 2.43. The molecule has 11 heavy (non-hydrogen) atoms. The number of guanidine groups is 1. The van der Waals surface area contributed by atoms with Crippen LogP contribution in [0.4, 0.5) is 0 Å². The van der Waals surface area contributed by atoms with Gasteiger partial charge in [0.2, 0.25) is 0 Å². The van der Waals surface area contributed by atoms with Gasteiger partial charge in [0.15, 0.2) is 5.96 Å². The van der Waals surface area contributed by atoms with Crippen LogP contribution in [-0.2, 0) is 0 Å². The predicted octanol–water partition coefficient (Wildman–Crippen LogP) is 1.39. The molecule has 3 nitrogen and oxygen atoms in total. The van der Waals surface area contributed by atoms with Crippen LogP contribution in [0.2, 0.25) is 0 Å². The summed E-state index contributed by atoms with van der Waals surface area (Å²) in [6.07, 6.45) is 3.68. The molecule has 66 valence electrons. The van der Waals surface area contributed by atoms with Crippen LogP contribution in [0.3, 0.4) is 0 Å². The first kappa shape index (κ1) is 10.3. The fraction of sp³-hybridized carbons (Fsp3) is 0.875. The van der Waals surface area contributed by atoms with Crippen molar-refractivity contribution in [3.8, 4) is 0 Å². The number of nitrogens with two attached hydrogens (primary N) is 1. The lowest BCUT2D eigenvalue weighted by atomic mass is 10.1. The number of hydrogen-bond donors (Lipinski definition) is 2. The van der Waals surface area contributed by atoms with Crippen LogP contribution in [0.15, 0.2) is 0 Å². The Kier molecular flexibility index (Phi) is 5.61. The summed E-state index contributed by atoms with van der Waals surface area (Å²) in [5.41, 5.74) is 5.28. The number of likely N-dealkylation sites (tertiary alicyclic amines) is 1. The Balaban J connectivity index is 0.000000461. The SMILES string of the molecule is CC.N=C(N)N1CCCCC1. The molecule has 0 bridgehead atoms. The van der Waals surface area contributed by atoms with E-state index in [0.717, 1.165) is 13.1 Å². The van der Waals surface area contributed by atoms with Crippen LogP contribution in [0.1, 0.15) is 33.1 Å². The van der Waals surface area contributed by atoms with Gasteiger partial charge in [0.05, 0.1) is 0 Å². The van der Waals surface area contributed by atoms with Gasteiger partial charge in [-0.3, -0.25) is 5.41 Å². The highest BCUT2D eigenvalue weighted by Gasteiger charge is 2.09. The van der Waals surface area contributed by atoms with Gasteiger partial charge in [-0.2, -0.15) is 0 Å². The third-order valence-electron chi connectivity index (χ3n) is 1.70. The van der Waals surface area contributed by atoms with E-state index >= 15 is 0 Å². The quantitative estimate of drug-likeness (QED) is 0.412. The van der Waals surface area contributed by atoms with Crippen molar-refractivity contribution in [3.05, 3.63) is 0 Å². The van der Waals surface area contributed by atoms with Gasteiger partial charge in [-0.05, 0) is 19.3 Å². The minimum Gasteiger partial charge on any atom is -0.370 e. The average molecular weight is 157 g/mol. The van der Waals surface area contributed by atoms with Crippen LogP contribution in [-0.4, -0.2) is 23.9 Å². The summed E-state index contributed by atoms with van der Waals surface area (Å²) in [5.74, 6) is 0.231. The van der Waals surface area contributed by atoms with E-state index in [1.165, 1.54) is 19.3 Å². The van der Waals surface area contributed by atoms with Crippen molar-refractivity contribution in [3.63, 3.8) is 0 Å². The van der Waals surface area contributed by atoms with Crippen LogP contribution in [0.5, 0.6) is 0 Å². The molecule has 0 aromatic carbocycles. The Labute approximate surface area is 69.1 Å². The molecule has 1 fully saturated rings. The first-order valence-electron chi connectivity index (χ1n) is 4.39. The molecular formula is C8H19N3. The van der Waals surface area contributed by atoms with Crippen molar-refractivity contribution >= 4 is 5.96 Å². The standard InChI is InChI=1S/C6H13N3.C2H6/c7-6(8)9-4-2-1-3-5-9;1-2/h1-5H2,(H3,7,8);1-2H3. The van der Waals surface area contributed by atoms with Crippen LogP contribution in [0, 0.1) is 5.41 Å². The molecule has 1 saturated heterocycles. The van der Waals surface area contributed by atoms with E-state index in [1.54, 1.807) is 0 Å². The Bertz CT molecular complexity index is 106. The summed E-state index contributed by atoms with van der Waals surface area (Å²) in [6.45, 7) is 5.96. The molecule has 1 aliphatic heterocycles. The molecule has 0 aromatic heterocycles. The number of nitrogens with zero attached hydrogens (tertiary/aromatic N) is 1. The van der Waals surface area contributed by atoms with Gasteiger partial charge in [-0.25, -0.2) is 0 Å². The molecule has 0 unspecified atom stereocenters. The molecule has 3 heteroatoms. The van der Waals surface area contributed by atoms with E-state index < -0.39 is 0 Å². The Morgan fingerprint density at radius 2 is 1.64 bits per heavy atom. The van der Waals surface area contributed by atoms with Gasteiger partial charge in [0.25, 0.3) is 0 Å². The maximum absolute atomic E-state index is 7.09. The second kappa shape index (κ2) is 6.01. The van der Waals surface area contributed by atoms with Crippen molar-refractivity contribution in [2.45, 2.75) is 33.1 Å². The molecule has 0 aromatic rings. The zero-order valence-corrected chi connectivity index (χ0v) is 7.56. The molecule has 1 rings (SSSR count). The second-order valence-electron chi connectivity index (χ2n) is 2.43. The lowest BCUT2D eigenvalue weighted by Crippen LogP contribution is -2.39. The van der Waals surface area contributed by atoms with Gasteiger partial charge in [0.1, 0.15) is 0 Å². The number of nitrogens with one attached hydrogen (secondary N) is 1. The Morgan fingerprint density at radius 3 is 1.91 bits per heavy atom. The van der Waals surface area contributed by atoms with Crippen molar-refractivity contribution in [1.29, 1.82) is 5.41 Å². The average Bonchev–Trinajstić information content (AvgIpc) is 2.10. The Hall–Kier alpha value is -0.730. The van der Waals surface area contributed by atoms with E-state index in [4.69, 9.17) is 11.1 Å². The summed E-state index contributed by atoms with van der Waals surface area (Å²) in [6, 6.07) is 0. The van der Waals surface area contributed by atoms with Crippen molar-refractivity contribution in [2.24, 2.45) is 5.73 Å². The zero-order valence-electron chi connectivity index (χ0n) is 7.56. The maximum atomic E-state index is 7.09. The maximum Gasteiger partial charge on any atom is 0.188 e. The van der Waals surface area contributed by atoms with Crippen LogP contribution >= 0.6 is 0 Å². The lowest BCUT2D eigenvalue weighted by Gasteiger charge is -2.26. The van der Waals surface area contributed by atoms with Crippen molar-refractivity contribution < 1.29 is 0 Å². The highest BCUT2D eigenvalue weighted by atomic mass is 15.2. The minimum atomic E-state index is 0.231. The molecule has 0 atom stereocenters. The summed E-state index contributed by atoms with van der Waals surface area (Å²) < 4.78 is 0. The normalized spacial score (nSPS) is 16.7. The monoisotopic (exact) mass is 157 g/mol. The summed E-state index contributed by atoms with van der Waals surface area (Å²) in [4.78, 5) is 1.92. The first-order valence-corrected chi connectivity index (χ1v) is 4.39. The lowest BCUT2D eigenvalue weighted by molar-refractivity contribution is 0.337. The fourth-order valence-corrected chi connectivity index (χ4v) is 1.13. The highest BCUT2D eigenvalue weighted by molar-refractivity contribution is 5.74. The van der Waals surface area contributed by atoms with Gasteiger partial charge in [-0.1, -0.05) is 13.8 Å². The summed E-state index contributed by atoms with van der Waals surface area (Å²) in [7, 11) is 0. The number of hydrogen-bond acceptors (Lipinski definition) is 1. The molecule has 0 radical (unpaired) electrons. The molecule has 0 amide bonds. The van der Waals surface area contributed by atoms with Gasteiger partial charge in [0, 0.05) is 13.1 Å². The van der Waals surface area contributed by atoms with E-state index in [9.17, 15) is 0 Å². The van der Waals surface area contributed by atoms with E-state index in [1.807, 2.05) is 18.7 Å². The molecule has 0 spiro atoms. The minimum absolute atomic E-state index is 0.231. The summed E-state index contributed by atoms with van der Waals surface area (Å²) in [5, 5.41) is 7.09.